The third kappa shape index (κ3) is 2.87. The molecule has 1 aliphatic rings. The van der Waals surface area contributed by atoms with Gasteiger partial charge in [-0.1, -0.05) is 24.3 Å². The lowest BCUT2D eigenvalue weighted by molar-refractivity contribution is -0.110. The largest absolute Gasteiger partial charge is 0.495 e. The Morgan fingerprint density at radius 2 is 1.89 bits per heavy atom. The molecule has 4 rings (SSSR count). The molecule has 0 radical (unpaired) electrons. The van der Waals surface area contributed by atoms with E-state index in [0.717, 1.165) is 22.4 Å². The minimum Gasteiger partial charge on any atom is -0.495 e. The molecule has 134 valence electrons. The molecule has 0 spiro atoms. The average molecular weight is 360 g/mol. The number of anilines is 1. The quantitative estimate of drug-likeness (QED) is 0.616. The van der Waals surface area contributed by atoms with Gasteiger partial charge in [0.05, 0.1) is 23.9 Å². The number of aromatic nitrogens is 1. The molecule has 1 aromatic heterocycles. The van der Waals surface area contributed by atoms with Crippen molar-refractivity contribution in [2.45, 2.75) is 0 Å². The van der Waals surface area contributed by atoms with E-state index in [0.29, 0.717) is 17.0 Å². The minimum absolute atomic E-state index is 0.198. The number of ether oxygens (including phenoxy) is 1. The number of hydrogen-bond acceptors (Lipinski definition) is 3. The van der Waals surface area contributed by atoms with Gasteiger partial charge < -0.3 is 20.1 Å². The van der Waals surface area contributed by atoms with Crippen molar-refractivity contribution < 1.29 is 19.4 Å². The van der Waals surface area contributed by atoms with E-state index >= 15 is 0 Å². The molecule has 0 atom stereocenters. The minimum atomic E-state index is -0.976. The zero-order valence-electron chi connectivity index (χ0n) is 14.4. The molecular weight excluding hydrogens is 344 g/mol. The zero-order valence-corrected chi connectivity index (χ0v) is 14.4. The highest BCUT2D eigenvalue weighted by atomic mass is 16.5. The number of carbonyl (C=O) groups is 2. The van der Waals surface area contributed by atoms with Gasteiger partial charge in [-0.25, -0.2) is 4.79 Å². The number of carboxylic acids is 1. The number of hydrogen-bond donors (Lipinski definition) is 3. The average Bonchev–Trinajstić information content (AvgIpc) is 3.26. The van der Waals surface area contributed by atoms with Crippen LogP contribution in [0, 0.1) is 0 Å². The van der Waals surface area contributed by atoms with E-state index in [9.17, 15) is 9.59 Å². The molecule has 0 saturated carbocycles. The molecule has 1 amide bonds. The summed E-state index contributed by atoms with van der Waals surface area (Å²) in [5, 5.41) is 12.0. The van der Waals surface area contributed by atoms with Crippen molar-refractivity contribution in [3.63, 3.8) is 0 Å². The van der Waals surface area contributed by atoms with Crippen molar-refractivity contribution in [3.05, 3.63) is 71.5 Å². The van der Waals surface area contributed by atoms with E-state index in [2.05, 4.69) is 10.3 Å². The standard InChI is InChI=1S/C21H16N2O4/c1-27-18-9-10-22-17(18)11-15-19-14(3-2-4-16(19)23-20(15)24)12-5-7-13(8-6-12)21(25)26/h2-11,22H,1H3,(H,23,24)(H,25,26). The molecule has 6 nitrogen and oxygen atoms in total. The summed E-state index contributed by atoms with van der Waals surface area (Å²) in [6.45, 7) is 0. The van der Waals surface area contributed by atoms with Crippen LogP contribution in [-0.2, 0) is 4.79 Å². The molecule has 6 heteroatoms. The predicted octanol–water partition coefficient (Wildman–Crippen LogP) is 3.88. The normalized spacial score (nSPS) is 14.1. The molecule has 1 aliphatic heterocycles. The van der Waals surface area contributed by atoms with Crippen molar-refractivity contribution in [1.29, 1.82) is 0 Å². The summed E-state index contributed by atoms with van der Waals surface area (Å²) < 4.78 is 5.31. The highest BCUT2D eigenvalue weighted by molar-refractivity contribution is 6.36. The van der Waals surface area contributed by atoms with E-state index in [1.54, 1.807) is 49.7 Å². The second kappa shape index (κ2) is 6.49. The second-order valence-corrected chi connectivity index (χ2v) is 6.08. The summed E-state index contributed by atoms with van der Waals surface area (Å²) >= 11 is 0. The molecule has 0 bridgehead atoms. The maximum atomic E-state index is 12.6. The Morgan fingerprint density at radius 1 is 1.11 bits per heavy atom. The SMILES string of the molecule is COc1cc[nH]c1C=C1C(=O)Nc2cccc(-c3ccc(C(=O)O)cc3)c21. The number of benzene rings is 2. The first-order valence-electron chi connectivity index (χ1n) is 8.30. The van der Waals surface area contributed by atoms with Crippen molar-refractivity contribution in [2.75, 3.05) is 12.4 Å². The highest BCUT2D eigenvalue weighted by Gasteiger charge is 2.27. The van der Waals surface area contributed by atoms with Crippen LogP contribution in [0.15, 0.2) is 54.7 Å². The van der Waals surface area contributed by atoms with Crippen LogP contribution < -0.4 is 10.1 Å². The number of amides is 1. The van der Waals surface area contributed by atoms with Gasteiger partial charge in [0.25, 0.3) is 5.91 Å². The fourth-order valence-corrected chi connectivity index (χ4v) is 3.22. The Bertz CT molecular complexity index is 1080. The number of carbonyl (C=O) groups excluding carboxylic acids is 1. The lowest BCUT2D eigenvalue weighted by atomic mass is 9.94. The van der Waals surface area contributed by atoms with Crippen LogP contribution in [0.1, 0.15) is 21.6 Å². The number of rotatable bonds is 4. The molecule has 0 saturated heterocycles. The van der Waals surface area contributed by atoms with E-state index in [-0.39, 0.29) is 11.5 Å². The first-order chi connectivity index (χ1) is 13.1. The van der Waals surface area contributed by atoms with Gasteiger partial charge in [0.1, 0.15) is 5.75 Å². The summed E-state index contributed by atoms with van der Waals surface area (Å²) in [7, 11) is 1.57. The summed E-state index contributed by atoms with van der Waals surface area (Å²) in [5.41, 5.74) is 4.61. The van der Waals surface area contributed by atoms with E-state index in [1.807, 2.05) is 18.2 Å². The van der Waals surface area contributed by atoms with Gasteiger partial charge in [0, 0.05) is 17.4 Å². The van der Waals surface area contributed by atoms with Crippen molar-refractivity contribution in [1.82, 2.24) is 4.98 Å². The summed E-state index contributed by atoms with van der Waals surface area (Å²) in [6, 6.07) is 14.0. The van der Waals surface area contributed by atoms with Gasteiger partial charge in [-0.3, -0.25) is 4.79 Å². The zero-order chi connectivity index (χ0) is 19.0. The van der Waals surface area contributed by atoms with Crippen LogP contribution in [-0.4, -0.2) is 29.1 Å². The maximum Gasteiger partial charge on any atom is 0.335 e. The molecule has 2 heterocycles. The predicted molar refractivity (Wildman–Crippen MR) is 103 cm³/mol. The van der Waals surface area contributed by atoms with Crippen LogP contribution in [0.25, 0.3) is 22.8 Å². The fourth-order valence-electron chi connectivity index (χ4n) is 3.22. The first kappa shape index (κ1) is 16.7. The smallest absolute Gasteiger partial charge is 0.335 e. The lowest BCUT2D eigenvalue weighted by Gasteiger charge is -2.09. The van der Waals surface area contributed by atoms with Crippen LogP contribution in [0.2, 0.25) is 0 Å². The molecule has 0 aliphatic carbocycles. The number of methoxy groups -OCH3 is 1. The number of H-pyrrole nitrogens is 1. The number of nitrogens with one attached hydrogen (secondary N) is 2. The van der Waals surface area contributed by atoms with Gasteiger partial charge in [0.2, 0.25) is 0 Å². The van der Waals surface area contributed by atoms with Crippen molar-refractivity contribution >= 4 is 29.2 Å². The maximum absolute atomic E-state index is 12.6. The van der Waals surface area contributed by atoms with Crippen LogP contribution in [0.4, 0.5) is 5.69 Å². The Labute approximate surface area is 155 Å². The molecular formula is C21H16N2O4. The Hall–Kier alpha value is -3.80. The number of carboxylic acid groups (broad SMARTS) is 1. The van der Waals surface area contributed by atoms with Gasteiger partial charge in [0.15, 0.2) is 0 Å². The Balaban J connectivity index is 1.85. The van der Waals surface area contributed by atoms with Crippen molar-refractivity contribution in [2.24, 2.45) is 0 Å². The second-order valence-electron chi connectivity index (χ2n) is 6.08. The molecule has 2 aromatic carbocycles. The highest BCUT2D eigenvalue weighted by Crippen LogP contribution is 2.40. The molecule has 0 unspecified atom stereocenters. The number of fused-ring (bicyclic) bond motifs is 1. The monoisotopic (exact) mass is 360 g/mol. The topological polar surface area (TPSA) is 91.4 Å². The third-order valence-electron chi connectivity index (χ3n) is 4.52. The van der Waals surface area contributed by atoms with Crippen LogP contribution in [0.3, 0.4) is 0 Å². The van der Waals surface area contributed by atoms with Crippen molar-refractivity contribution in [3.8, 4) is 16.9 Å². The molecule has 3 N–H and O–H groups in total. The number of aromatic carboxylic acids is 1. The van der Waals surface area contributed by atoms with E-state index in [1.165, 1.54) is 0 Å². The van der Waals surface area contributed by atoms with Gasteiger partial charge in [-0.2, -0.15) is 0 Å². The van der Waals surface area contributed by atoms with E-state index < -0.39 is 5.97 Å². The molecule has 0 fully saturated rings. The van der Waals surface area contributed by atoms with Gasteiger partial charge >= 0.3 is 5.97 Å². The summed E-state index contributed by atoms with van der Waals surface area (Å²) in [4.78, 5) is 26.7. The number of aromatic amines is 1. The Kier molecular flexibility index (Phi) is 4.01. The molecule has 27 heavy (non-hydrogen) atoms. The van der Waals surface area contributed by atoms with Crippen LogP contribution in [0.5, 0.6) is 5.75 Å². The summed E-state index contributed by atoms with van der Waals surface area (Å²) in [6.07, 6.45) is 3.50. The fraction of sp³-hybridized carbons (Fsp3) is 0.0476. The lowest BCUT2D eigenvalue weighted by Crippen LogP contribution is -2.03. The third-order valence-corrected chi connectivity index (χ3v) is 4.52. The summed E-state index contributed by atoms with van der Waals surface area (Å²) in [5.74, 6) is -0.528. The molecule has 3 aromatic rings. The van der Waals surface area contributed by atoms with Gasteiger partial charge in [-0.05, 0) is 41.5 Å². The van der Waals surface area contributed by atoms with Gasteiger partial charge in [-0.15, -0.1) is 0 Å². The first-order valence-corrected chi connectivity index (χ1v) is 8.30. The van der Waals surface area contributed by atoms with E-state index in [4.69, 9.17) is 9.84 Å². The Morgan fingerprint density at radius 3 is 2.59 bits per heavy atom. The van der Waals surface area contributed by atoms with Crippen LogP contribution >= 0.6 is 0 Å².